The lowest BCUT2D eigenvalue weighted by Gasteiger charge is -2.12. The van der Waals surface area contributed by atoms with Crippen LogP contribution in [-0.2, 0) is 11.4 Å². The van der Waals surface area contributed by atoms with Gasteiger partial charge in [0.2, 0.25) is 0 Å². The van der Waals surface area contributed by atoms with E-state index in [0.717, 1.165) is 11.4 Å². The predicted molar refractivity (Wildman–Crippen MR) is 89.5 cm³/mol. The third-order valence-electron chi connectivity index (χ3n) is 2.60. The average molecular weight is 359 g/mol. The SMILES string of the molecule is CSc1nc(N)cc(Nc2c(Cl)cc(Cl)c3c2N=S=N3)n1. The zero-order valence-corrected chi connectivity index (χ0v) is 13.7. The number of benzene rings is 1. The van der Waals surface area contributed by atoms with Crippen molar-refractivity contribution in [2.45, 2.75) is 5.16 Å². The van der Waals surface area contributed by atoms with Gasteiger partial charge < -0.3 is 11.1 Å². The summed E-state index contributed by atoms with van der Waals surface area (Å²) in [6, 6.07) is 3.24. The van der Waals surface area contributed by atoms with E-state index in [1.807, 2.05) is 6.26 Å². The van der Waals surface area contributed by atoms with Gasteiger partial charge in [-0.05, 0) is 12.3 Å². The third kappa shape index (κ3) is 2.84. The van der Waals surface area contributed by atoms with Crippen LogP contribution in [0.1, 0.15) is 0 Å². The highest BCUT2D eigenvalue weighted by molar-refractivity contribution is 7.98. The summed E-state index contributed by atoms with van der Waals surface area (Å²) in [6.45, 7) is 0. The number of aromatic nitrogens is 2. The molecule has 1 aromatic heterocycles. The van der Waals surface area contributed by atoms with E-state index in [4.69, 9.17) is 28.9 Å². The quantitative estimate of drug-likeness (QED) is 0.529. The first-order chi connectivity index (χ1) is 10.1. The largest absolute Gasteiger partial charge is 0.383 e. The fourth-order valence-corrected chi connectivity index (χ4v) is 3.27. The molecular weight excluding hydrogens is 351 g/mol. The first-order valence-corrected chi connectivity index (χ1v) is 8.35. The molecule has 108 valence electrons. The molecule has 0 saturated heterocycles. The molecule has 0 unspecified atom stereocenters. The molecule has 2 heterocycles. The van der Waals surface area contributed by atoms with Crippen LogP contribution in [0.5, 0.6) is 0 Å². The first-order valence-electron chi connectivity index (χ1n) is 5.64. The zero-order valence-electron chi connectivity index (χ0n) is 10.6. The Morgan fingerprint density at radius 3 is 2.67 bits per heavy atom. The van der Waals surface area contributed by atoms with E-state index in [1.54, 1.807) is 12.1 Å². The van der Waals surface area contributed by atoms with Crippen LogP contribution in [0.3, 0.4) is 0 Å². The average Bonchev–Trinajstić information content (AvgIpc) is 2.92. The highest BCUT2D eigenvalue weighted by atomic mass is 35.5. The Balaban J connectivity index is 2.06. The van der Waals surface area contributed by atoms with Crippen molar-refractivity contribution in [1.29, 1.82) is 0 Å². The highest BCUT2D eigenvalue weighted by Crippen LogP contribution is 2.48. The van der Waals surface area contributed by atoms with Gasteiger partial charge in [-0.2, -0.15) is 8.73 Å². The number of anilines is 3. The molecule has 3 N–H and O–H groups in total. The van der Waals surface area contributed by atoms with Crippen LogP contribution in [0.4, 0.5) is 28.7 Å². The van der Waals surface area contributed by atoms with E-state index in [-0.39, 0.29) is 0 Å². The van der Waals surface area contributed by atoms with Crippen molar-refractivity contribution >= 4 is 75.0 Å². The van der Waals surface area contributed by atoms with E-state index in [2.05, 4.69) is 24.0 Å². The number of rotatable bonds is 3. The van der Waals surface area contributed by atoms with E-state index >= 15 is 0 Å². The fraction of sp³-hybridized carbons (Fsp3) is 0.0909. The first kappa shape index (κ1) is 14.6. The Hall–Kier alpha value is -1.35. The molecule has 3 rings (SSSR count). The lowest BCUT2D eigenvalue weighted by atomic mass is 10.2. The molecule has 2 aromatic rings. The second-order valence-corrected chi connectivity index (χ2v) is 6.08. The molecule has 21 heavy (non-hydrogen) atoms. The summed E-state index contributed by atoms with van der Waals surface area (Å²) in [7, 11) is 0. The van der Waals surface area contributed by atoms with Crippen LogP contribution >= 0.6 is 35.0 Å². The lowest BCUT2D eigenvalue weighted by Crippen LogP contribution is -2.00. The molecule has 0 fully saturated rings. The van der Waals surface area contributed by atoms with Crippen LogP contribution in [0.15, 0.2) is 26.0 Å². The molecule has 0 bridgehead atoms. The maximum atomic E-state index is 6.24. The van der Waals surface area contributed by atoms with Gasteiger partial charge in [-0.3, -0.25) is 0 Å². The van der Waals surface area contributed by atoms with E-state index in [0.29, 0.717) is 43.9 Å². The smallest absolute Gasteiger partial charge is 0.191 e. The summed E-state index contributed by atoms with van der Waals surface area (Å²) in [4.78, 5) is 8.42. The summed E-state index contributed by atoms with van der Waals surface area (Å²) >= 11 is 14.8. The number of nitrogen functional groups attached to an aromatic ring is 1. The number of nitrogens with two attached hydrogens (primary N) is 1. The van der Waals surface area contributed by atoms with Crippen molar-refractivity contribution in [2.75, 3.05) is 17.3 Å². The molecule has 6 nitrogen and oxygen atoms in total. The van der Waals surface area contributed by atoms with Gasteiger partial charge in [0.15, 0.2) is 5.16 Å². The number of nitrogens with zero attached hydrogens (tertiary/aromatic N) is 4. The molecule has 0 saturated carbocycles. The second-order valence-electron chi connectivity index (χ2n) is 3.97. The molecule has 0 spiro atoms. The number of hydrogen-bond donors (Lipinski definition) is 2. The van der Waals surface area contributed by atoms with Gasteiger partial charge in [-0.15, -0.1) is 0 Å². The third-order valence-corrected chi connectivity index (χ3v) is 4.27. The van der Waals surface area contributed by atoms with Crippen molar-refractivity contribution in [1.82, 2.24) is 9.97 Å². The molecule has 0 radical (unpaired) electrons. The van der Waals surface area contributed by atoms with Crippen LogP contribution in [-0.4, -0.2) is 16.2 Å². The predicted octanol–water partition coefficient (Wildman–Crippen LogP) is 4.56. The van der Waals surface area contributed by atoms with Crippen molar-refractivity contribution in [3.8, 4) is 0 Å². The zero-order chi connectivity index (χ0) is 15.0. The van der Waals surface area contributed by atoms with Gasteiger partial charge in [0.1, 0.15) is 23.0 Å². The van der Waals surface area contributed by atoms with Crippen LogP contribution in [0.2, 0.25) is 10.0 Å². The molecule has 0 aliphatic carbocycles. The Labute approximate surface area is 138 Å². The van der Waals surface area contributed by atoms with Crippen molar-refractivity contribution < 1.29 is 0 Å². The van der Waals surface area contributed by atoms with Crippen LogP contribution < -0.4 is 11.1 Å². The van der Waals surface area contributed by atoms with Crippen molar-refractivity contribution in [3.63, 3.8) is 0 Å². The molecule has 0 amide bonds. The highest BCUT2D eigenvalue weighted by Gasteiger charge is 2.19. The monoisotopic (exact) mass is 358 g/mol. The Kier molecular flexibility index (Phi) is 4.03. The number of thioether (sulfide) groups is 1. The second kappa shape index (κ2) is 5.80. The van der Waals surface area contributed by atoms with E-state index in [1.165, 1.54) is 11.8 Å². The Bertz CT molecular complexity index is 804. The van der Waals surface area contributed by atoms with Crippen molar-refractivity contribution in [3.05, 3.63) is 22.2 Å². The number of fused-ring (bicyclic) bond motifs is 1. The van der Waals surface area contributed by atoms with Crippen LogP contribution in [0.25, 0.3) is 0 Å². The summed E-state index contributed by atoms with van der Waals surface area (Å²) in [6.07, 6.45) is 1.87. The van der Waals surface area contributed by atoms with Gasteiger partial charge in [-0.1, -0.05) is 35.0 Å². The number of halogens is 2. The maximum Gasteiger partial charge on any atom is 0.191 e. The van der Waals surface area contributed by atoms with Gasteiger partial charge >= 0.3 is 0 Å². The minimum absolute atomic E-state index is 0.370. The molecule has 1 aromatic carbocycles. The molecule has 1 aliphatic rings. The normalized spacial score (nSPS) is 12.1. The Morgan fingerprint density at radius 1 is 1.14 bits per heavy atom. The lowest BCUT2D eigenvalue weighted by molar-refractivity contribution is 0.984. The molecular formula is C11H8Cl2N6S2. The van der Waals surface area contributed by atoms with E-state index in [9.17, 15) is 0 Å². The van der Waals surface area contributed by atoms with Gasteiger partial charge in [0, 0.05) is 6.07 Å². The number of hydrogen-bond acceptors (Lipinski definition) is 7. The Morgan fingerprint density at radius 2 is 1.90 bits per heavy atom. The maximum absolute atomic E-state index is 6.24. The van der Waals surface area contributed by atoms with E-state index < -0.39 is 0 Å². The topological polar surface area (TPSA) is 88.5 Å². The molecule has 0 atom stereocenters. The standard InChI is InChI=1S/C11H8Cl2N6S2/c1-20-11-15-6(14)3-7(17-11)16-8-4(12)2-5(13)9-10(8)19-21-18-9/h2-3H,1H3,(H3,14,15,16,17). The minimum Gasteiger partial charge on any atom is -0.383 e. The summed E-state index contributed by atoms with van der Waals surface area (Å²) in [5, 5.41) is 4.57. The fourth-order valence-electron chi connectivity index (χ4n) is 1.72. The van der Waals surface area contributed by atoms with Crippen LogP contribution in [0, 0.1) is 0 Å². The summed E-state index contributed by atoms with van der Waals surface area (Å²) < 4.78 is 8.37. The summed E-state index contributed by atoms with van der Waals surface area (Å²) in [5.74, 6) is 0.903. The van der Waals surface area contributed by atoms with Crippen molar-refractivity contribution in [2.24, 2.45) is 8.73 Å². The number of nitrogens with one attached hydrogen (secondary N) is 1. The van der Waals surface area contributed by atoms with Gasteiger partial charge in [0.05, 0.1) is 27.1 Å². The van der Waals surface area contributed by atoms with Gasteiger partial charge in [0.25, 0.3) is 0 Å². The van der Waals surface area contributed by atoms with Gasteiger partial charge in [-0.25, -0.2) is 9.97 Å². The molecule has 10 heteroatoms. The minimum atomic E-state index is 0.370. The molecule has 1 aliphatic heterocycles. The summed E-state index contributed by atoms with van der Waals surface area (Å²) in [5.41, 5.74) is 7.55.